The summed E-state index contributed by atoms with van der Waals surface area (Å²) in [4.78, 5) is 37.1. The Kier molecular flexibility index (Phi) is 5.87. The van der Waals surface area contributed by atoms with E-state index in [2.05, 4.69) is 4.74 Å². The molecule has 0 aliphatic heterocycles. The summed E-state index contributed by atoms with van der Waals surface area (Å²) in [5.41, 5.74) is 0.559. The zero-order valence-electron chi connectivity index (χ0n) is 19.1. The van der Waals surface area contributed by atoms with Crippen LogP contribution in [0.25, 0.3) is 21.9 Å². The highest BCUT2D eigenvalue weighted by atomic mass is 16.6. The molecule has 0 saturated heterocycles. The maximum atomic E-state index is 12.9. The minimum absolute atomic E-state index is 0.00184. The number of ether oxygens (including phenoxy) is 4. The second kappa shape index (κ2) is 9.30. The van der Waals surface area contributed by atoms with Crippen LogP contribution >= 0.6 is 0 Å². The van der Waals surface area contributed by atoms with Gasteiger partial charge in [-0.25, -0.2) is 9.59 Å². The summed E-state index contributed by atoms with van der Waals surface area (Å²) in [7, 11) is 2.80. The number of para-hydroxylation sites is 1. The average molecular weight is 486 g/mol. The second-order valence-electron chi connectivity index (χ2n) is 7.58. The van der Waals surface area contributed by atoms with Gasteiger partial charge >= 0.3 is 11.9 Å². The van der Waals surface area contributed by atoms with Gasteiger partial charge in [-0.3, -0.25) is 4.79 Å². The molecular formula is C27H18O9. The summed E-state index contributed by atoms with van der Waals surface area (Å²) in [6.07, 6.45) is 1.16. The molecule has 9 nitrogen and oxygen atoms in total. The van der Waals surface area contributed by atoms with Gasteiger partial charge < -0.3 is 27.8 Å². The average Bonchev–Trinajstić information content (AvgIpc) is 3.35. The van der Waals surface area contributed by atoms with E-state index in [0.29, 0.717) is 28.0 Å². The summed E-state index contributed by atoms with van der Waals surface area (Å²) < 4.78 is 32.1. The molecule has 0 radical (unpaired) electrons. The van der Waals surface area contributed by atoms with Crippen molar-refractivity contribution in [3.63, 3.8) is 0 Å². The zero-order chi connectivity index (χ0) is 25.2. The van der Waals surface area contributed by atoms with Crippen LogP contribution < -0.4 is 19.6 Å². The Bertz CT molecular complexity index is 1660. The van der Waals surface area contributed by atoms with Crippen molar-refractivity contribution in [3.05, 3.63) is 94.5 Å². The topological polar surface area (TPSA) is 114 Å². The zero-order valence-corrected chi connectivity index (χ0v) is 19.1. The Labute approximate surface area is 203 Å². The minimum atomic E-state index is -0.717. The molecule has 0 fully saturated rings. The van der Waals surface area contributed by atoms with Crippen molar-refractivity contribution in [1.82, 2.24) is 0 Å². The lowest BCUT2D eigenvalue weighted by molar-refractivity contribution is 0.0600. The highest BCUT2D eigenvalue weighted by Crippen LogP contribution is 2.30. The molecular weight excluding hydrogens is 468 g/mol. The maximum absolute atomic E-state index is 12.9. The molecule has 0 N–H and O–H groups in total. The Hall–Kier alpha value is -5.05. The van der Waals surface area contributed by atoms with Gasteiger partial charge in [0.2, 0.25) is 16.9 Å². The lowest BCUT2D eigenvalue weighted by Crippen LogP contribution is -2.08. The number of esters is 2. The second-order valence-corrected chi connectivity index (χ2v) is 7.58. The van der Waals surface area contributed by atoms with E-state index in [4.69, 9.17) is 23.0 Å². The van der Waals surface area contributed by atoms with E-state index >= 15 is 0 Å². The Balaban J connectivity index is 1.36. The number of methoxy groups -OCH3 is 2. The first-order chi connectivity index (χ1) is 17.5. The quantitative estimate of drug-likeness (QED) is 0.231. The van der Waals surface area contributed by atoms with Gasteiger partial charge in [-0.2, -0.15) is 0 Å². The molecule has 0 aliphatic rings. The van der Waals surface area contributed by atoms with E-state index < -0.39 is 17.4 Å². The standard InChI is InChI=1S/C27H18O9/c1-31-20-5-3-4-16-12-22(36-25(16)20)27(30)35-18-10-11-19-21(13-18)33-14-23(24(19)28)34-17-8-6-15(7-9-17)26(29)32-2/h3-14H,1-2H3. The van der Waals surface area contributed by atoms with Crippen molar-refractivity contribution in [2.24, 2.45) is 0 Å². The molecule has 2 heterocycles. The smallest absolute Gasteiger partial charge is 0.379 e. The van der Waals surface area contributed by atoms with Crippen molar-refractivity contribution in [1.29, 1.82) is 0 Å². The molecule has 0 saturated carbocycles. The van der Waals surface area contributed by atoms with E-state index in [-0.39, 0.29) is 28.2 Å². The van der Waals surface area contributed by atoms with E-state index in [1.807, 2.05) is 0 Å². The van der Waals surface area contributed by atoms with Gasteiger partial charge in [-0.05, 0) is 48.5 Å². The first-order valence-electron chi connectivity index (χ1n) is 10.7. The Morgan fingerprint density at radius 2 is 1.61 bits per heavy atom. The number of hydrogen-bond acceptors (Lipinski definition) is 9. The molecule has 9 heteroatoms. The number of furan rings is 1. The molecule has 0 bridgehead atoms. The summed E-state index contributed by atoms with van der Waals surface area (Å²) in [5, 5.41) is 0.922. The molecule has 3 aromatic carbocycles. The number of rotatable bonds is 6. The highest BCUT2D eigenvalue weighted by Gasteiger charge is 2.18. The number of fused-ring (bicyclic) bond motifs is 2. The number of carbonyl (C=O) groups is 2. The highest BCUT2D eigenvalue weighted by molar-refractivity contribution is 5.95. The van der Waals surface area contributed by atoms with Crippen molar-refractivity contribution in [2.45, 2.75) is 0 Å². The predicted molar refractivity (Wildman–Crippen MR) is 128 cm³/mol. The first-order valence-corrected chi connectivity index (χ1v) is 10.7. The van der Waals surface area contributed by atoms with Crippen LogP contribution in [-0.4, -0.2) is 26.2 Å². The molecule has 2 aromatic heterocycles. The van der Waals surface area contributed by atoms with E-state index in [1.165, 1.54) is 56.7 Å². The third-order valence-corrected chi connectivity index (χ3v) is 5.36. The monoisotopic (exact) mass is 486 g/mol. The van der Waals surface area contributed by atoms with Gasteiger partial charge in [0.05, 0.1) is 25.2 Å². The molecule has 180 valence electrons. The number of carbonyl (C=O) groups excluding carboxylic acids is 2. The van der Waals surface area contributed by atoms with Crippen LogP contribution in [0, 0.1) is 0 Å². The first kappa shape index (κ1) is 22.7. The van der Waals surface area contributed by atoms with E-state index in [1.54, 1.807) is 24.3 Å². The van der Waals surface area contributed by atoms with Crippen molar-refractivity contribution < 1.29 is 37.4 Å². The van der Waals surface area contributed by atoms with Crippen LogP contribution in [0.2, 0.25) is 0 Å². The number of benzene rings is 3. The SMILES string of the molecule is COC(=O)c1ccc(Oc2coc3cc(OC(=O)c4cc5cccc(OC)c5o4)ccc3c2=O)cc1. The fourth-order valence-corrected chi connectivity index (χ4v) is 3.58. The molecule has 5 rings (SSSR count). The number of hydrogen-bond donors (Lipinski definition) is 0. The van der Waals surface area contributed by atoms with Gasteiger partial charge in [-0.15, -0.1) is 0 Å². The lowest BCUT2D eigenvalue weighted by atomic mass is 10.2. The summed E-state index contributed by atoms with van der Waals surface area (Å²) >= 11 is 0. The lowest BCUT2D eigenvalue weighted by Gasteiger charge is -2.07. The molecule has 0 atom stereocenters. The van der Waals surface area contributed by atoms with Crippen LogP contribution in [0.1, 0.15) is 20.9 Å². The molecule has 0 unspecified atom stereocenters. The van der Waals surface area contributed by atoms with Crippen LogP contribution in [0.4, 0.5) is 0 Å². The summed E-state index contributed by atoms with van der Waals surface area (Å²) in [6.45, 7) is 0. The molecule has 5 aromatic rings. The van der Waals surface area contributed by atoms with Gasteiger partial charge in [-0.1, -0.05) is 12.1 Å². The van der Waals surface area contributed by atoms with E-state index in [9.17, 15) is 14.4 Å². The fraction of sp³-hybridized carbons (Fsp3) is 0.0741. The molecule has 0 aliphatic carbocycles. The third kappa shape index (κ3) is 4.25. The van der Waals surface area contributed by atoms with Crippen molar-refractivity contribution in [3.8, 4) is 23.0 Å². The predicted octanol–water partition coefficient (Wildman–Crippen LogP) is 5.35. The fourth-order valence-electron chi connectivity index (χ4n) is 3.58. The van der Waals surface area contributed by atoms with Crippen LogP contribution in [-0.2, 0) is 4.74 Å². The van der Waals surface area contributed by atoms with Crippen LogP contribution in [0.5, 0.6) is 23.0 Å². The molecule has 0 amide bonds. The van der Waals surface area contributed by atoms with Crippen molar-refractivity contribution >= 4 is 33.9 Å². The van der Waals surface area contributed by atoms with Gasteiger partial charge in [0, 0.05) is 11.5 Å². The Morgan fingerprint density at radius 3 is 2.36 bits per heavy atom. The maximum Gasteiger partial charge on any atom is 0.379 e. The normalized spacial score (nSPS) is 10.8. The Morgan fingerprint density at radius 1 is 0.833 bits per heavy atom. The summed E-state index contributed by atoms with van der Waals surface area (Å²) in [6, 6.07) is 17.3. The van der Waals surface area contributed by atoms with Gasteiger partial charge in [0.1, 0.15) is 23.3 Å². The summed E-state index contributed by atoms with van der Waals surface area (Å²) in [5.74, 6) is -0.255. The largest absolute Gasteiger partial charge is 0.493 e. The van der Waals surface area contributed by atoms with Crippen LogP contribution in [0.15, 0.2) is 86.6 Å². The van der Waals surface area contributed by atoms with Gasteiger partial charge in [0.15, 0.2) is 11.3 Å². The minimum Gasteiger partial charge on any atom is -0.493 e. The van der Waals surface area contributed by atoms with Gasteiger partial charge in [0.25, 0.3) is 0 Å². The van der Waals surface area contributed by atoms with Crippen molar-refractivity contribution in [2.75, 3.05) is 14.2 Å². The van der Waals surface area contributed by atoms with E-state index in [0.717, 1.165) is 6.26 Å². The molecule has 0 spiro atoms. The molecule has 36 heavy (non-hydrogen) atoms. The third-order valence-electron chi connectivity index (χ3n) is 5.36. The van der Waals surface area contributed by atoms with Crippen LogP contribution in [0.3, 0.4) is 0 Å².